The van der Waals surface area contributed by atoms with Gasteiger partial charge in [0.15, 0.2) is 6.10 Å². The van der Waals surface area contributed by atoms with Crippen molar-refractivity contribution in [3.63, 3.8) is 0 Å². The van der Waals surface area contributed by atoms with Crippen molar-refractivity contribution < 1.29 is 19.2 Å². The molecule has 1 amide bonds. The van der Waals surface area contributed by atoms with Crippen LogP contribution in [0.1, 0.15) is 6.92 Å². The Kier molecular flexibility index (Phi) is 5.59. The second-order valence-electron chi connectivity index (χ2n) is 5.66. The number of carbonyl (C=O) groups is 1. The number of carbonyl (C=O) groups excluding carboxylic acids is 1. The maximum absolute atomic E-state index is 12.0. The lowest BCUT2D eigenvalue weighted by Gasteiger charge is -2.20. The van der Waals surface area contributed by atoms with Crippen LogP contribution in [0.5, 0.6) is 11.5 Å². The molecule has 7 nitrogen and oxygen atoms in total. The Hall–Kier alpha value is -3.09. The van der Waals surface area contributed by atoms with Crippen LogP contribution in [0.4, 0.5) is 5.69 Å². The molecule has 0 fully saturated rings. The van der Waals surface area contributed by atoms with Crippen molar-refractivity contribution in [2.45, 2.75) is 13.0 Å². The van der Waals surface area contributed by atoms with Gasteiger partial charge in [-0.2, -0.15) is 0 Å². The Bertz CT molecular complexity index is 772. The first-order valence-electron chi connectivity index (χ1n) is 7.64. The first-order chi connectivity index (χ1) is 11.8. The number of nitro groups is 1. The van der Waals surface area contributed by atoms with Gasteiger partial charge >= 0.3 is 0 Å². The van der Waals surface area contributed by atoms with E-state index >= 15 is 0 Å². The zero-order valence-corrected chi connectivity index (χ0v) is 14.6. The topological polar surface area (TPSA) is 81.9 Å². The first-order valence-corrected chi connectivity index (χ1v) is 7.64. The van der Waals surface area contributed by atoms with E-state index in [0.717, 1.165) is 5.56 Å². The molecule has 2 aromatic carbocycles. The molecule has 0 spiro atoms. The summed E-state index contributed by atoms with van der Waals surface area (Å²) in [4.78, 5) is 24.1. The van der Waals surface area contributed by atoms with Gasteiger partial charge in [-0.05, 0) is 30.7 Å². The lowest BCUT2D eigenvalue weighted by molar-refractivity contribution is -0.384. The van der Waals surface area contributed by atoms with Gasteiger partial charge in [0.25, 0.3) is 11.6 Å². The molecule has 0 heterocycles. The molecule has 0 radical (unpaired) electrons. The minimum absolute atomic E-state index is 0.0512. The molecule has 1 atom stereocenters. The molecule has 0 aromatic heterocycles. The maximum atomic E-state index is 12.0. The van der Waals surface area contributed by atoms with Gasteiger partial charge < -0.3 is 14.4 Å². The summed E-state index contributed by atoms with van der Waals surface area (Å²) in [7, 11) is 4.84. The van der Waals surface area contributed by atoms with Crippen molar-refractivity contribution in [1.29, 1.82) is 0 Å². The third-order valence-electron chi connectivity index (χ3n) is 3.67. The Labute approximate surface area is 145 Å². The fraction of sp³-hybridized carbons (Fsp3) is 0.278. The fourth-order valence-corrected chi connectivity index (χ4v) is 2.33. The number of rotatable bonds is 6. The summed E-state index contributed by atoms with van der Waals surface area (Å²) in [5.41, 5.74) is 1.21. The summed E-state index contributed by atoms with van der Waals surface area (Å²) in [5, 5.41) is 11.1. The van der Waals surface area contributed by atoms with Crippen LogP contribution in [0.3, 0.4) is 0 Å². The van der Waals surface area contributed by atoms with E-state index in [1.54, 1.807) is 52.4 Å². The van der Waals surface area contributed by atoms with Crippen molar-refractivity contribution in [3.8, 4) is 22.6 Å². The molecule has 2 aromatic rings. The number of amides is 1. The third kappa shape index (κ3) is 4.26. The van der Waals surface area contributed by atoms with Gasteiger partial charge in [0.2, 0.25) is 0 Å². The number of ether oxygens (including phenoxy) is 2. The predicted octanol–water partition coefficient (Wildman–Crippen LogP) is 3.13. The molecule has 0 unspecified atom stereocenters. The number of hydrogen-bond acceptors (Lipinski definition) is 5. The highest BCUT2D eigenvalue weighted by Gasteiger charge is 2.20. The SMILES string of the molecule is COc1ccc(-c2cc([N+](=O)[O-])ccc2O[C@@H](C)C(=O)N(C)C)cc1. The Morgan fingerprint density at radius 1 is 1.16 bits per heavy atom. The number of non-ortho nitro benzene ring substituents is 1. The standard InChI is InChI=1S/C18H20N2O5/c1-12(18(21)19(2)3)25-17-10-7-14(20(22)23)11-16(17)13-5-8-15(24-4)9-6-13/h5-12H,1-4H3/t12-/m0/s1. The van der Waals surface area contributed by atoms with Gasteiger partial charge in [0.1, 0.15) is 11.5 Å². The van der Waals surface area contributed by atoms with Gasteiger partial charge in [0.05, 0.1) is 12.0 Å². The molecule has 7 heteroatoms. The van der Waals surface area contributed by atoms with E-state index in [9.17, 15) is 14.9 Å². The molecule has 25 heavy (non-hydrogen) atoms. The molecule has 0 bridgehead atoms. The number of likely N-dealkylation sites (N-methyl/N-ethyl adjacent to an activating group) is 1. The normalized spacial score (nSPS) is 11.5. The van der Waals surface area contributed by atoms with E-state index < -0.39 is 11.0 Å². The largest absolute Gasteiger partial charge is 0.497 e. The number of nitro benzene ring substituents is 1. The van der Waals surface area contributed by atoms with E-state index in [-0.39, 0.29) is 11.6 Å². The van der Waals surface area contributed by atoms with Crippen LogP contribution in [0, 0.1) is 10.1 Å². The number of hydrogen-bond donors (Lipinski definition) is 0. The van der Waals surface area contributed by atoms with Crippen molar-refractivity contribution >= 4 is 11.6 Å². The quantitative estimate of drug-likeness (QED) is 0.594. The fourth-order valence-electron chi connectivity index (χ4n) is 2.33. The van der Waals surface area contributed by atoms with Gasteiger partial charge in [-0.3, -0.25) is 14.9 Å². The number of methoxy groups -OCH3 is 1. The van der Waals surface area contributed by atoms with Crippen LogP contribution in [0.25, 0.3) is 11.1 Å². The molecule has 132 valence electrons. The van der Waals surface area contributed by atoms with E-state index in [2.05, 4.69) is 0 Å². The highest BCUT2D eigenvalue weighted by molar-refractivity contribution is 5.81. The molecule has 0 aliphatic heterocycles. The molecular formula is C18H20N2O5. The Balaban J connectivity index is 2.44. The molecule has 0 saturated carbocycles. The van der Waals surface area contributed by atoms with Crippen LogP contribution >= 0.6 is 0 Å². The lowest BCUT2D eigenvalue weighted by Crippen LogP contribution is -2.35. The van der Waals surface area contributed by atoms with E-state index in [0.29, 0.717) is 17.1 Å². The minimum atomic E-state index is -0.714. The van der Waals surface area contributed by atoms with Crippen LogP contribution < -0.4 is 9.47 Å². The monoisotopic (exact) mass is 344 g/mol. The van der Waals surface area contributed by atoms with E-state index in [1.165, 1.54) is 23.1 Å². The Morgan fingerprint density at radius 2 is 1.80 bits per heavy atom. The maximum Gasteiger partial charge on any atom is 0.270 e. The van der Waals surface area contributed by atoms with Crippen LogP contribution in [-0.2, 0) is 4.79 Å². The average molecular weight is 344 g/mol. The van der Waals surface area contributed by atoms with Crippen LogP contribution in [0.2, 0.25) is 0 Å². The molecule has 0 N–H and O–H groups in total. The second kappa shape index (κ2) is 7.65. The average Bonchev–Trinajstić information content (AvgIpc) is 2.61. The molecule has 0 saturated heterocycles. The first kappa shape index (κ1) is 18.3. The molecular weight excluding hydrogens is 324 g/mol. The lowest BCUT2D eigenvalue weighted by atomic mass is 10.0. The summed E-state index contributed by atoms with van der Waals surface area (Å²) in [6.45, 7) is 1.64. The van der Waals surface area contributed by atoms with Gasteiger partial charge in [-0.1, -0.05) is 12.1 Å². The Morgan fingerprint density at radius 3 is 2.32 bits per heavy atom. The molecule has 0 aliphatic rings. The van der Waals surface area contributed by atoms with E-state index in [4.69, 9.17) is 9.47 Å². The zero-order valence-electron chi connectivity index (χ0n) is 14.6. The number of benzene rings is 2. The zero-order chi connectivity index (χ0) is 18.6. The highest BCUT2D eigenvalue weighted by atomic mass is 16.6. The molecule has 2 rings (SSSR count). The smallest absolute Gasteiger partial charge is 0.270 e. The van der Waals surface area contributed by atoms with E-state index in [1.807, 2.05) is 0 Å². The summed E-state index contributed by atoms with van der Waals surface area (Å²) < 4.78 is 10.9. The van der Waals surface area contributed by atoms with Crippen LogP contribution in [0.15, 0.2) is 42.5 Å². The van der Waals surface area contributed by atoms with Crippen molar-refractivity contribution in [1.82, 2.24) is 4.90 Å². The summed E-state index contributed by atoms with van der Waals surface area (Å²) in [5.74, 6) is 0.880. The van der Waals surface area contributed by atoms with Gasteiger partial charge in [-0.25, -0.2) is 0 Å². The van der Waals surface area contributed by atoms with Gasteiger partial charge in [0, 0.05) is 31.8 Å². The summed E-state index contributed by atoms with van der Waals surface area (Å²) in [6, 6.07) is 11.4. The van der Waals surface area contributed by atoms with Gasteiger partial charge in [-0.15, -0.1) is 0 Å². The molecule has 0 aliphatic carbocycles. The second-order valence-corrected chi connectivity index (χ2v) is 5.66. The summed E-state index contributed by atoms with van der Waals surface area (Å²) >= 11 is 0. The van der Waals surface area contributed by atoms with Crippen molar-refractivity contribution in [2.24, 2.45) is 0 Å². The number of nitrogens with zero attached hydrogens (tertiary/aromatic N) is 2. The van der Waals surface area contributed by atoms with Crippen LogP contribution in [-0.4, -0.2) is 43.0 Å². The van der Waals surface area contributed by atoms with Crippen molar-refractivity contribution in [3.05, 3.63) is 52.6 Å². The highest BCUT2D eigenvalue weighted by Crippen LogP contribution is 2.35. The van der Waals surface area contributed by atoms with Crippen molar-refractivity contribution in [2.75, 3.05) is 21.2 Å². The summed E-state index contributed by atoms with van der Waals surface area (Å²) in [6.07, 6.45) is -0.714. The predicted molar refractivity (Wildman–Crippen MR) is 93.9 cm³/mol. The minimum Gasteiger partial charge on any atom is -0.497 e. The third-order valence-corrected chi connectivity index (χ3v) is 3.67.